The molecule has 0 fully saturated rings. The van der Waals surface area contributed by atoms with Gasteiger partial charge < -0.3 is 4.74 Å². The van der Waals surface area contributed by atoms with Crippen LogP contribution in [0.15, 0.2) is 48.8 Å². The van der Waals surface area contributed by atoms with E-state index in [1.54, 1.807) is 12.4 Å². The molecule has 0 unspecified atom stereocenters. The van der Waals surface area contributed by atoms with Crippen LogP contribution in [0.1, 0.15) is 15.3 Å². The van der Waals surface area contributed by atoms with Crippen molar-refractivity contribution in [3.8, 4) is 11.1 Å². The summed E-state index contributed by atoms with van der Waals surface area (Å²) in [6, 6.07) is 11.3. The summed E-state index contributed by atoms with van der Waals surface area (Å²) in [4.78, 5) is 15.0. The molecule has 2 aromatic rings. The van der Waals surface area contributed by atoms with E-state index in [-0.39, 0.29) is 1.43 Å². The van der Waals surface area contributed by atoms with E-state index in [1.165, 1.54) is 7.11 Å². The van der Waals surface area contributed by atoms with Crippen LogP contribution in [0.3, 0.4) is 0 Å². The summed E-state index contributed by atoms with van der Waals surface area (Å²) in [5.74, 6) is 0. The van der Waals surface area contributed by atoms with Crippen LogP contribution in [0.5, 0.6) is 0 Å². The number of anilines is 1. The molecule has 1 amide bonds. The van der Waals surface area contributed by atoms with Gasteiger partial charge in [0, 0.05) is 19.5 Å². The number of aromatic nitrogens is 1. The van der Waals surface area contributed by atoms with E-state index < -0.39 is 6.09 Å². The van der Waals surface area contributed by atoms with Crippen LogP contribution in [0.25, 0.3) is 11.1 Å². The third kappa shape index (κ3) is 4.43. The van der Waals surface area contributed by atoms with Crippen LogP contribution in [0.4, 0.5) is 10.5 Å². The van der Waals surface area contributed by atoms with Gasteiger partial charge in [0.25, 0.3) is 0 Å². The first-order valence-electron chi connectivity index (χ1n) is 6.15. The van der Waals surface area contributed by atoms with Crippen LogP contribution in [-0.2, 0) is 4.74 Å². The predicted octanol–water partition coefficient (Wildman–Crippen LogP) is 4.20. The molecule has 1 N–H and O–H groups in total. The summed E-state index contributed by atoms with van der Waals surface area (Å²) >= 11 is 0. The van der Waals surface area contributed by atoms with E-state index in [2.05, 4.69) is 15.0 Å². The Labute approximate surface area is 114 Å². The second-order valence-electron chi connectivity index (χ2n) is 3.44. The Hall–Kier alpha value is -2.36. The Bertz CT molecular complexity index is 501. The van der Waals surface area contributed by atoms with Crippen molar-refractivity contribution in [2.75, 3.05) is 12.4 Å². The highest BCUT2D eigenvalue weighted by Crippen LogP contribution is 2.20. The summed E-state index contributed by atoms with van der Waals surface area (Å²) in [6.07, 6.45) is 3.05. The number of methoxy groups -OCH3 is 1. The molecule has 4 nitrogen and oxygen atoms in total. The zero-order valence-electron chi connectivity index (χ0n) is 11.4. The lowest BCUT2D eigenvalue weighted by Gasteiger charge is -2.05. The predicted molar refractivity (Wildman–Crippen MR) is 79.2 cm³/mol. The molecule has 1 aromatic carbocycles. The first kappa shape index (κ1) is 14.7. The number of rotatable bonds is 2. The van der Waals surface area contributed by atoms with E-state index in [9.17, 15) is 4.79 Å². The zero-order valence-corrected chi connectivity index (χ0v) is 11.4. The van der Waals surface area contributed by atoms with E-state index in [1.807, 2.05) is 50.2 Å². The van der Waals surface area contributed by atoms with Gasteiger partial charge in [0.2, 0.25) is 0 Å². The van der Waals surface area contributed by atoms with Crippen molar-refractivity contribution in [1.82, 2.24) is 4.98 Å². The van der Waals surface area contributed by atoms with Crippen molar-refractivity contribution in [3.63, 3.8) is 0 Å². The molecule has 0 aliphatic heterocycles. The van der Waals surface area contributed by atoms with Crippen molar-refractivity contribution in [2.24, 2.45) is 0 Å². The highest BCUT2D eigenvalue weighted by atomic mass is 16.5. The number of nitrogens with zero attached hydrogens (tertiary/aromatic N) is 1. The molecule has 1 aromatic heterocycles. The van der Waals surface area contributed by atoms with E-state index in [0.717, 1.165) is 11.1 Å². The maximum Gasteiger partial charge on any atom is 0.411 e. The van der Waals surface area contributed by atoms with Crippen LogP contribution in [0.2, 0.25) is 0 Å². The Balaban J connectivity index is 0.00000115. The van der Waals surface area contributed by atoms with Gasteiger partial charge in [0.05, 0.1) is 7.11 Å². The number of amides is 1. The number of ether oxygens (including phenoxy) is 1. The molecule has 2 rings (SSSR count). The number of carbonyl (C=O) groups excluding carboxylic acids is 1. The standard InChI is InChI=1S/C13H12N2O2.C2H6.H2/c1-17-13(16)15-12-6-4-10(5-7-12)11-3-2-8-14-9-11;1-2;/h2-9H,1H3,(H,15,16);1-2H3;1H. The smallest absolute Gasteiger partial charge is 0.411 e. The Morgan fingerprint density at radius 2 is 1.84 bits per heavy atom. The molecule has 102 valence electrons. The van der Waals surface area contributed by atoms with Gasteiger partial charge in [0.15, 0.2) is 0 Å². The number of carbonyl (C=O) groups is 1. The third-order valence-electron chi connectivity index (χ3n) is 2.31. The maximum absolute atomic E-state index is 11.0. The van der Waals surface area contributed by atoms with Gasteiger partial charge in [-0.15, -0.1) is 0 Å². The summed E-state index contributed by atoms with van der Waals surface area (Å²) in [6.45, 7) is 4.00. The SMILES string of the molecule is CC.COC(=O)Nc1ccc(-c2cccnc2)cc1.[HH]. The number of hydrogen-bond acceptors (Lipinski definition) is 3. The van der Waals surface area contributed by atoms with E-state index in [4.69, 9.17) is 0 Å². The van der Waals surface area contributed by atoms with Gasteiger partial charge in [0.1, 0.15) is 0 Å². The lowest BCUT2D eigenvalue weighted by atomic mass is 10.1. The molecule has 0 bridgehead atoms. The molecule has 0 spiro atoms. The minimum atomic E-state index is -0.473. The van der Waals surface area contributed by atoms with Crippen LogP contribution in [0, 0.1) is 0 Å². The fourth-order valence-corrected chi connectivity index (χ4v) is 1.45. The summed E-state index contributed by atoms with van der Waals surface area (Å²) < 4.78 is 4.51. The third-order valence-corrected chi connectivity index (χ3v) is 2.31. The molecule has 4 heteroatoms. The van der Waals surface area contributed by atoms with Crippen molar-refractivity contribution >= 4 is 11.8 Å². The maximum atomic E-state index is 11.0. The number of hydrogen-bond donors (Lipinski definition) is 1. The van der Waals surface area contributed by atoms with E-state index in [0.29, 0.717) is 5.69 Å². The molecule has 0 aliphatic rings. The van der Waals surface area contributed by atoms with E-state index >= 15 is 0 Å². The molecule has 0 aliphatic carbocycles. The molecule has 0 saturated heterocycles. The highest BCUT2D eigenvalue weighted by Gasteiger charge is 2.01. The van der Waals surface area contributed by atoms with Gasteiger partial charge in [-0.3, -0.25) is 10.3 Å². The van der Waals surface area contributed by atoms with Gasteiger partial charge in [-0.25, -0.2) is 4.79 Å². The van der Waals surface area contributed by atoms with Gasteiger partial charge >= 0.3 is 6.09 Å². The molecule has 0 radical (unpaired) electrons. The van der Waals surface area contributed by atoms with Gasteiger partial charge in [-0.05, 0) is 29.3 Å². The second-order valence-corrected chi connectivity index (χ2v) is 3.44. The van der Waals surface area contributed by atoms with Crippen LogP contribution in [-0.4, -0.2) is 18.2 Å². The topological polar surface area (TPSA) is 51.2 Å². The van der Waals surface area contributed by atoms with Crippen molar-refractivity contribution in [2.45, 2.75) is 13.8 Å². The normalized spacial score (nSPS) is 9.00. The molecular weight excluding hydrogens is 240 g/mol. The average molecular weight is 260 g/mol. The van der Waals surface area contributed by atoms with Gasteiger partial charge in [-0.1, -0.05) is 32.0 Å². The molecule has 0 atom stereocenters. The van der Waals surface area contributed by atoms with Crippen molar-refractivity contribution in [1.29, 1.82) is 0 Å². The number of nitrogens with one attached hydrogen (secondary N) is 1. The highest BCUT2D eigenvalue weighted by molar-refractivity contribution is 5.84. The molecule has 1 heterocycles. The zero-order chi connectivity index (χ0) is 14.1. The first-order chi connectivity index (χ1) is 9.29. The molecule has 0 saturated carbocycles. The fourth-order valence-electron chi connectivity index (χ4n) is 1.45. The lowest BCUT2D eigenvalue weighted by Crippen LogP contribution is -2.10. The summed E-state index contributed by atoms with van der Waals surface area (Å²) in [5.41, 5.74) is 2.79. The van der Waals surface area contributed by atoms with Gasteiger partial charge in [-0.2, -0.15) is 0 Å². The minimum Gasteiger partial charge on any atom is -0.453 e. The number of pyridine rings is 1. The first-order valence-corrected chi connectivity index (χ1v) is 6.15. The Morgan fingerprint density at radius 1 is 1.16 bits per heavy atom. The minimum absolute atomic E-state index is 0. The quantitative estimate of drug-likeness (QED) is 0.880. The largest absolute Gasteiger partial charge is 0.453 e. The van der Waals surface area contributed by atoms with Crippen LogP contribution >= 0.6 is 0 Å². The monoisotopic (exact) mass is 260 g/mol. The summed E-state index contributed by atoms with van der Waals surface area (Å²) in [5, 5.41) is 2.59. The lowest BCUT2D eigenvalue weighted by molar-refractivity contribution is 0.187. The second kappa shape index (κ2) is 7.87. The van der Waals surface area contributed by atoms with Crippen molar-refractivity contribution in [3.05, 3.63) is 48.8 Å². The number of benzene rings is 1. The Kier molecular flexibility index (Phi) is 6.09. The molecule has 19 heavy (non-hydrogen) atoms. The fraction of sp³-hybridized carbons (Fsp3) is 0.200. The average Bonchev–Trinajstić information content (AvgIpc) is 2.51. The Morgan fingerprint density at radius 3 is 2.37 bits per heavy atom. The van der Waals surface area contributed by atoms with Crippen molar-refractivity contribution < 1.29 is 11.0 Å². The molecular formula is C15H20N2O2. The van der Waals surface area contributed by atoms with Crippen LogP contribution < -0.4 is 5.32 Å². The summed E-state index contributed by atoms with van der Waals surface area (Å²) in [7, 11) is 1.33.